The first-order chi connectivity index (χ1) is 14.0. The minimum Gasteiger partial charge on any atom is -0.373 e. The van der Waals surface area contributed by atoms with E-state index in [0.717, 1.165) is 19.4 Å². The fourth-order valence-electron chi connectivity index (χ4n) is 2.98. The van der Waals surface area contributed by atoms with Crippen LogP contribution in [-0.2, 0) is 5.41 Å². The van der Waals surface area contributed by atoms with Crippen molar-refractivity contribution in [3.63, 3.8) is 0 Å². The number of pyridine rings is 2. The Morgan fingerprint density at radius 1 is 1.07 bits per heavy atom. The summed E-state index contributed by atoms with van der Waals surface area (Å²) in [5, 5.41) is 6.47. The fraction of sp³-hybridized carbons (Fsp3) is 0.318. The largest absolute Gasteiger partial charge is 0.399 e. The topological polar surface area (TPSA) is 66.9 Å². The number of aromatic nitrogens is 2. The second kappa shape index (κ2) is 7.93. The predicted octanol–water partition coefficient (Wildman–Crippen LogP) is 5.00. The third-order valence-corrected chi connectivity index (χ3v) is 5.19. The SMILES string of the molecule is CNc1cc(C(C)NC(=O)c2ccc3nc(C(C)(C)C(F)(F)F)ccc3c2)ccn1. The number of fused-ring (bicyclic) bond motifs is 1. The first-order valence-corrected chi connectivity index (χ1v) is 9.45. The van der Waals surface area contributed by atoms with E-state index in [-0.39, 0.29) is 17.6 Å². The Hall–Kier alpha value is -3.16. The summed E-state index contributed by atoms with van der Waals surface area (Å²) in [6, 6.07) is 11.1. The molecule has 158 valence electrons. The number of rotatable bonds is 5. The molecule has 0 saturated heterocycles. The van der Waals surface area contributed by atoms with Gasteiger partial charge in [0, 0.05) is 24.2 Å². The average molecular weight is 416 g/mol. The normalized spacial score (nSPS) is 13.2. The molecular weight excluding hydrogens is 393 g/mol. The molecule has 1 unspecified atom stereocenters. The molecule has 0 fully saturated rings. The van der Waals surface area contributed by atoms with Gasteiger partial charge >= 0.3 is 6.18 Å². The molecule has 0 spiro atoms. The van der Waals surface area contributed by atoms with Gasteiger partial charge in [0.1, 0.15) is 11.2 Å². The molecule has 0 bridgehead atoms. The first-order valence-electron chi connectivity index (χ1n) is 9.45. The number of halogens is 3. The van der Waals surface area contributed by atoms with Crippen molar-refractivity contribution < 1.29 is 18.0 Å². The van der Waals surface area contributed by atoms with Crippen LogP contribution >= 0.6 is 0 Å². The van der Waals surface area contributed by atoms with Crippen molar-refractivity contribution in [2.75, 3.05) is 12.4 Å². The number of nitrogens with one attached hydrogen (secondary N) is 2. The second-order valence-electron chi connectivity index (χ2n) is 7.65. The zero-order valence-electron chi connectivity index (χ0n) is 17.1. The molecule has 3 rings (SSSR count). The summed E-state index contributed by atoms with van der Waals surface area (Å²) in [5.41, 5.74) is -0.428. The minimum absolute atomic E-state index is 0.0636. The van der Waals surface area contributed by atoms with E-state index in [1.165, 1.54) is 6.07 Å². The standard InChI is InChI=1S/C22H23F3N4O/c1-13(14-9-10-27-19(12-14)26-4)28-20(30)16-5-7-17-15(11-16)6-8-18(29-17)21(2,3)22(23,24)25/h5-13H,1-4H3,(H,26,27)(H,28,30). The molecule has 3 aromatic rings. The maximum atomic E-state index is 13.3. The summed E-state index contributed by atoms with van der Waals surface area (Å²) in [5.74, 6) is 0.412. The maximum Gasteiger partial charge on any atom is 0.399 e. The highest BCUT2D eigenvalue weighted by atomic mass is 19.4. The van der Waals surface area contributed by atoms with Gasteiger partial charge in [0.05, 0.1) is 17.3 Å². The van der Waals surface area contributed by atoms with E-state index >= 15 is 0 Å². The molecule has 2 heterocycles. The number of benzene rings is 1. The Kier molecular flexibility index (Phi) is 5.70. The van der Waals surface area contributed by atoms with Crippen LogP contribution in [-0.4, -0.2) is 29.1 Å². The Morgan fingerprint density at radius 2 is 1.80 bits per heavy atom. The lowest BCUT2D eigenvalue weighted by Crippen LogP contribution is -2.37. The van der Waals surface area contributed by atoms with Crippen molar-refractivity contribution in [2.45, 2.75) is 38.4 Å². The van der Waals surface area contributed by atoms with Gasteiger partial charge in [-0.3, -0.25) is 9.78 Å². The second-order valence-corrected chi connectivity index (χ2v) is 7.65. The Bertz CT molecular complexity index is 1080. The lowest BCUT2D eigenvalue weighted by atomic mass is 9.87. The average Bonchev–Trinajstić information content (AvgIpc) is 2.72. The van der Waals surface area contributed by atoms with E-state index in [1.54, 1.807) is 37.5 Å². The van der Waals surface area contributed by atoms with Crippen LogP contribution in [0.5, 0.6) is 0 Å². The molecule has 1 aromatic carbocycles. The van der Waals surface area contributed by atoms with Crippen LogP contribution in [0.25, 0.3) is 10.9 Å². The van der Waals surface area contributed by atoms with E-state index in [4.69, 9.17) is 0 Å². The van der Waals surface area contributed by atoms with Gasteiger partial charge in [-0.2, -0.15) is 13.2 Å². The maximum absolute atomic E-state index is 13.3. The van der Waals surface area contributed by atoms with Crippen LogP contribution in [0.1, 0.15) is 48.4 Å². The number of anilines is 1. The minimum atomic E-state index is -4.41. The number of hydrogen-bond acceptors (Lipinski definition) is 4. The monoisotopic (exact) mass is 416 g/mol. The number of nitrogens with zero attached hydrogens (tertiary/aromatic N) is 2. The van der Waals surface area contributed by atoms with E-state index in [1.807, 2.05) is 19.1 Å². The Morgan fingerprint density at radius 3 is 2.47 bits per heavy atom. The molecular formula is C22H23F3N4O. The van der Waals surface area contributed by atoms with E-state index < -0.39 is 11.6 Å². The lowest BCUT2D eigenvalue weighted by molar-refractivity contribution is -0.181. The molecule has 1 atom stereocenters. The number of amides is 1. The summed E-state index contributed by atoms with van der Waals surface area (Å²) in [6.07, 6.45) is -2.75. The van der Waals surface area contributed by atoms with Crippen molar-refractivity contribution in [2.24, 2.45) is 0 Å². The van der Waals surface area contributed by atoms with Gasteiger partial charge in [0.15, 0.2) is 0 Å². The Labute approximate surface area is 172 Å². The molecule has 5 nitrogen and oxygen atoms in total. The first kappa shape index (κ1) is 21.5. The smallest absolute Gasteiger partial charge is 0.373 e. The van der Waals surface area contributed by atoms with Gasteiger partial charge in [-0.05, 0) is 62.7 Å². The quantitative estimate of drug-likeness (QED) is 0.614. The van der Waals surface area contributed by atoms with Gasteiger partial charge in [0.25, 0.3) is 5.91 Å². The highest BCUT2D eigenvalue weighted by Crippen LogP contribution is 2.39. The summed E-state index contributed by atoms with van der Waals surface area (Å²) in [4.78, 5) is 21.0. The van der Waals surface area contributed by atoms with Crippen LogP contribution in [0.2, 0.25) is 0 Å². The van der Waals surface area contributed by atoms with E-state index in [0.29, 0.717) is 22.3 Å². The van der Waals surface area contributed by atoms with Gasteiger partial charge < -0.3 is 10.6 Å². The Balaban J connectivity index is 1.83. The molecule has 0 radical (unpaired) electrons. The molecule has 2 N–H and O–H groups in total. The van der Waals surface area contributed by atoms with Gasteiger partial charge in [-0.1, -0.05) is 6.07 Å². The lowest BCUT2D eigenvalue weighted by Gasteiger charge is -2.27. The van der Waals surface area contributed by atoms with Crippen molar-refractivity contribution in [1.29, 1.82) is 0 Å². The summed E-state index contributed by atoms with van der Waals surface area (Å²) < 4.78 is 39.9. The van der Waals surface area contributed by atoms with Gasteiger partial charge in [0.2, 0.25) is 0 Å². The molecule has 8 heteroatoms. The molecule has 0 aliphatic heterocycles. The molecule has 0 saturated carbocycles. The van der Waals surface area contributed by atoms with Crippen molar-refractivity contribution in [3.8, 4) is 0 Å². The van der Waals surface area contributed by atoms with Crippen LogP contribution in [0, 0.1) is 0 Å². The van der Waals surface area contributed by atoms with Crippen molar-refractivity contribution in [3.05, 3.63) is 65.5 Å². The van der Waals surface area contributed by atoms with Crippen LogP contribution < -0.4 is 10.6 Å². The highest BCUT2D eigenvalue weighted by Gasteiger charge is 2.49. The van der Waals surface area contributed by atoms with Crippen LogP contribution in [0.3, 0.4) is 0 Å². The summed E-state index contributed by atoms with van der Waals surface area (Å²) >= 11 is 0. The zero-order valence-corrected chi connectivity index (χ0v) is 17.1. The van der Waals surface area contributed by atoms with Crippen LogP contribution in [0.15, 0.2) is 48.7 Å². The van der Waals surface area contributed by atoms with Crippen molar-refractivity contribution >= 4 is 22.6 Å². The summed E-state index contributed by atoms with van der Waals surface area (Å²) in [7, 11) is 1.76. The molecule has 0 aliphatic carbocycles. The molecule has 1 amide bonds. The molecule has 30 heavy (non-hydrogen) atoms. The number of hydrogen-bond donors (Lipinski definition) is 2. The highest BCUT2D eigenvalue weighted by molar-refractivity contribution is 5.98. The van der Waals surface area contributed by atoms with E-state index in [9.17, 15) is 18.0 Å². The summed E-state index contributed by atoms with van der Waals surface area (Å²) in [6.45, 7) is 4.06. The number of carbonyl (C=O) groups is 1. The number of carbonyl (C=O) groups excluding carboxylic acids is 1. The van der Waals surface area contributed by atoms with Crippen LogP contribution in [0.4, 0.5) is 19.0 Å². The molecule has 0 aliphatic rings. The number of alkyl halides is 3. The van der Waals surface area contributed by atoms with Gasteiger partial charge in [-0.15, -0.1) is 0 Å². The van der Waals surface area contributed by atoms with Crippen molar-refractivity contribution in [1.82, 2.24) is 15.3 Å². The predicted molar refractivity (Wildman–Crippen MR) is 110 cm³/mol. The van der Waals surface area contributed by atoms with E-state index in [2.05, 4.69) is 20.6 Å². The molecule has 2 aromatic heterocycles. The fourth-order valence-corrected chi connectivity index (χ4v) is 2.98. The zero-order chi connectivity index (χ0) is 22.1. The third-order valence-electron chi connectivity index (χ3n) is 5.19. The third kappa shape index (κ3) is 4.22. The van der Waals surface area contributed by atoms with Gasteiger partial charge in [-0.25, -0.2) is 4.98 Å².